The van der Waals surface area contributed by atoms with E-state index in [2.05, 4.69) is 16.0 Å². The Morgan fingerprint density at radius 3 is 1.97 bits per heavy atom. The Kier molecular flexibility index (Phi) is 11.7. The van der Waals surface area contributed by atoms with Gasteiger partial charge in [0.15, 0.2) is 0 Å². The van der Waals surface area contributed by atoms with Gasteiger partial charge in [0.1, 0.15) is 18.1 Å². The number of amides is 3. The molecule has 1 rings (SSSR count). The van der Waals surface area contributed by atoms with Crippen LogP contribution < -0.4 is 21.7 Å². The van der Waals surface area contributed by atoms with Crippen LogP contribution >= 0.6 is 0 Å². The van der Waals surface area contributed by atoms with Crippen molar-refractivity contribution >= 4 is 29.7 Å². The summed E-state index contributed by atoms with van der Waals surface area (Å²) in [5, 5.41) is 25.5. The number of carboxylic acid groups (broad SMARTS) is 2. The Morgan fingerprint density at radius 2 is 1.44 bits per heavy atom. The molecule has 7 N–H and O–H groups in total. The van der Waals surface area contributed by atoms with Gasteiger partial charge in [0.25, 0.3) is 0 Å². The van der Waals surface area contributed by atoms with Crippen LogP contribution in [-0.2, 0) is 30.4 Å². The summed E-state index contributed by atoms with van der Waals surface area (Å²) in [6, 6.07) is 4.55. The number of hydrogen-bond acceptors (Lipinski definition) is 6. The van der Waals surface area contributed by atoms with E-state index >= 15 is 0 Å². The van der Waals surface area contributed by atoms with E-state index in [1.807, 2.05) is 19.9 Å². The first-order valence-corrected chi connectivity index (χ1v) is 11.1. The van der Waals surface area contributed by atoms with Crippen molar-refractivity contribution in [2.45, 2.75) is 70.6 Å². The minimum absolute atomic E-state index is 0.0157. The standard InChI is InChI=1S/C23H34N4O7/c1-13(2)11-18(23(33)34)27-20(30)14(3)25-22(32)17(9-10-19(28)29)26-21(31)16(24)12-15-7-5-4-6-8-15/h4-8,13-14,16-18H,9-12,24H2,1-3H3,(H,25,32)(H,26,31)(H,27,30)(H,28,29)(H,33,34). The van der Waals surface area contributed by atoms with E-state index in [0.29, 0.717) is 0 Å². The van der Waals surface area contributed by atoms with Gasteiger partial charge in [-0.1, -0.05) is 44.2 Å². The average Bonchev–Trinajstić information content (AvgIpc) is 2.75. The number of rotatable bonds is 14. The maximum absolute atomic E-state index is 12.7. The predicted octanol–water partition coefficient (Wildman–Crippen LogP) is 0.0262. The topological polar surface area (TPSA) is 188 Å². The van der Waals surface area contributed by atoms with Crippen molar-refractivity contribution in [1.29, 1.82) is 0 Å². The summed E-state index contributed by atoms with van der Waals surface area (Å²) in [5.74, 6) is -4.48. The minimum atomic E-state index is -1.24. The molecule has 0 fully saturated rings. The third kappa shape index (κ3) is 10.4. The molecule has 0 aliphatic rings. The van der Waals surface area contributed by atoms with Crippen molar-refractivity contribution < 1.29 is 34.2 Å². The molecule has 1 aromatic rings. The third-order valence-electron chi connectivity index (χ3n) is 4.99. The van der Waals surface area contributed by atoms with Crippen LogP contribution in [0.4, 0.5) is 0 Å². The molecule has 3 amide bonds. The molecular weight excluding hydrogens is 444 g/mol. The molecule has 0 radical (unpaired) electrons. The summed E-state index contributed by atoms with van der Waals surface area (Å²) < 4.78 is 0. The van der Waals surface area contributed by atoms with E-state index in [9.17, 15) is 29.1 Å². The first-order chi connectivity index (χ1) is 15.9. The van der Waals surface area contributed by atoms with Crippen LogP contribution in [0.5, 0.6) is 0 Å². The van der Waals surface area contributed by atoms with Gasteiger partial charge in [-0.05, 0) is 37.7 Å². The average molecular weight is 479 g/mol. The van der Waals surface area contributed by atoms with E-state index < -0.39 is 60.2 Å². The molecule has 188 valence electrons. The van der Waals surface area contributed by atoms with Gasteiger partial charge in [0.2, 0.25) is 17.7 Å². The fourth-order valence-corrected chi connectivity index (χ4v) is 3.15. The molecule has 0 saturated heterocycles. The number of benzene rings is 1. The Hall–Kier alpha value is -3.47. The zero-order valence-corrected chi connectivity index (χ0v) is 19.6. The van der Waals surface area contributed by atoms with Crippen LogP contribution in [0.2, 0.25) is 0 Å². The van der Waals surface area contributed by atoms with Gasteiger partial charge in [-0.2, -0.15) is 0 Å². The van der Waals surface area contributed by atoms with Gasteiger partial charge < -0.3 is 31.9 Å². The lowest BCUT2D eigenvalue weighted by Gasteiger charge is -2.23. The maximum Gasteiger partial charge on any atom is 0.326 e. The van der Waals surface area contributed by atoms with Crippen molar-refractivity contribution in [2.24, 2.45) is 11.7 Å². The van der Waals surface area contributed by atoms with E-state index in [4.69, 9.17) is 10.8 Å². The molecule has 0 aliphatic carbocycles. The smallest absolute Gasteiger partial charge is 0.326 e. The predicted molar refractivity (Wildman–Crippen MR) is 124 cm³/mol. The molecule has 34 heavy (non-hydrogen) atoms. The highest BCUT2D eigenvalue weighted by Gasteiger charge is 2.29. The third-order valence-corrected chi connectivity index (χ3v) is 4.99. The first kappa shape index (κ1) is 28.6. The first-order valence-electron chi connectivity index (χ1n) is 11.1. The van der Waals surface area contributed by atoms with Crippen molar-refractivity contribution in [3.05, 3.63) is 35.9 Å². The number of nitrogens with one attached hydrogen (secondary N) is 3. The largest absolute Gasteiger partial charge is 0.481 e. The molecule has 0 bridgehead atoms. The monoisotopic (exact) mass is 478 g/mol. The van der Waals surface area contributed by atoms with E-state index in [1.54, 1.807) is 24.3 Å². The molecule has 0 spiro atoms. The van der Waals surface area contributed by atoms with Crippen LogP contribution in [0.3, 0.4) is 0 Å². The van der Waals surface area contributed by atoms with Crippen LogP contribution in [-0.4, -0.2) is 64.0 Å². The normalized spacial score (nSPS) is 14.4. The Labute approximate surface area is 198 Å². The Balaban J connectivity index is 2.80. The highest BCUT2D eigenvalue weighted by Crippen LogP contribution is 2.07. The molecule has 4 unspecified atom stereocenters. The van der Waals surface area contributed by atoms with Gasteiger partial charge in [0, 0.05) is 6.42 Å². The van der Waals surface area contributed by atoms with Crippen LogP contribution in [0, 0.1) is 5.92 Å². The van der Waals surface area contributed by atoms with Gasteiger partial charge in [0.05, 0.1) is 6.04 Å². The summed E-state index contributed by atoms with van der Waals surface area (Å²) in [6.45, 7) is 4.98. The van der Waals surface area contributed by atoms with Crippen LogP contribution in [0.25, 0.3) is 0 Å². The number of carbonyl (C=O) groups is 5. The molecule has 0 aromatic heterocycles. The van der Waals surface area contributed by atoms with Crippen LogP contribution in [0.15, 0.2) is 30.3 Å². The summed E-state index contributed by atoms with van der Waals surface area (Å²) in [4.78, 5) is 60.1. The summed E-state index contributed by atoms with van der Waals surface area (Å²) in [6.07, 6.45) is -0.198. The number of nitrogens with two attached hydrogens (primary N) is 1. The zero-order valence-electron chi connectivity index (χ0n) is 19.6. The molecule has 4 atom stereocenters. The Bertz CT molecular complexity index is 860. The Morgan fingerprint density at radius 1 is 0.853 bits per heavy atom. The number of hydrogen-bond donors (Lipinski definition) is 6. The van der Waals surface area contributed by atoms with Gasteiger partial charge >= 0.3 is 11.9 Å². The molecule has 11 nitrogen and oxygen atoms in total. The van der Waals surface area contributed by atoms with Crippen molar-refractivity contribution in [3.63, 3.8) is 0 Å². The second kappa shape index (κ2) is 13.9. The van der Waals surface area contributed by atoms with E-state index in [1.165, 1.54) is 6.92 Å². The SMILES string of the molecule is CC(C)CC(NC(=O)C(C)NC(=O)C(CCC(=O)O)NC(=O)C(N)Cc1ccccc1)C(=O)O. The highest BCUT2D eigenvalue weighted by molar-refractivity contribution is 5.94. The number of carbonyl (C=O) groups excluding carboxylic acids is 3. The molecule has 0 saturated carbocycles. The highest BCUT2D eigenvalue weighted by atomic mass is 16.4. The van der Waals surface area contributed by atoms with E-state index in [-0.39, 0.29) is 25.2 Å². The van der Waals surface area contributed by atoms with Crippen LogP contribution in [0.1, 0.15) is 45.6 Å². The zero-order chi connectivity index (χ0) is 25.8. The number of carboxylic acids is 2. The summed E-state index contributed by atoms with van der Waals surface area (Å²) in [7, 11) is 0. The lowest BCUT2D eigenvalue weighted by molar-refractivity contribution is -0.142. The molecule has 11 heteroatoms. The second-order valence-electron chi connectivity index (χ2n) is 8.55. The fraction of sp³-hybridized carbons (Fsp3) is 0.522. The molecule has 0 aliphatic heterocycles. The van der Waals surface area contributed by atoms with Crippen molar-refractivity contribution in [1.82, 2.24) is 16.0 Å². The van der Waals surface area contributed by atoms with Crippen molar-refractivity contribution in [3.8, 4) is 0 Å². The fourth-order valence-electron chi connectivity index (χ4n) is 3.15. The summed E-state index contributed by atoms with van der Waals surface area (Å²) in [5.41, 5.74) is 6.76. The lowest BCUT2D eigenvalue weighted by atomic mass is 10.0. The van der Waals surface area contributed by atoms with Gasteiger partial charge in [-0.3, -0.25) is 19.2 Å². The second-order valence-corrected chi connectivity index (χ2v) is 8.55. The molecular formula is C23H34N4O7. The van der Waals surface area contributed by atoms with Crippen molar-refractivity contribution in [2.75, 3.05) is 0 Å². The maximum atomic E-state index is 12.7. The quantitative estimate of drug-likeness (QED) is 0.216. The molecule has 1 aromatic carbocycles. The van der Waals surface area contributed by atoms with Gasteiger partial charge in [-0.15, -0.1) is 0 Å². The number of aliphatic carboxylic acids is 2. The lowest BCUT2D eigenvalue weighted by Crippen LogP contribution is -2.56. The summed E-state index contributed by atoms with van der Waals surface area (Å²) >= 11 is 0. The van der Waals surface area contributed by atoms with Gasteiger partial charge in [-0.25, -0.2) is 4.79 Å². The van der Waals surface area contributed by atoms with E-state index in [0.717, 1.165) is 5.56 Å². The molecule has 0 heterocycles. The minimum Gasteiger partial charge on any atom is -0.481 e.